The number of hydrogen-bond donors (Lipinski definition) is 0. The zero-order valence-corrected chi connectivity index (χ0v) is 11.1. The molecule has 0 aliphatic rings. The maximum absolute atomic E-state index is 5.81. The molecule has 0 aliphatic heterocycles. The second kappa shape index (κ2) is 4.83. The van der Waals surface area contributed by atoms with Crippen LogP contribution in [0.3, 0.4) is 0 Å². The first-order chi connectivity index (χ1) is 10.4. The van der Waals surface area contributed by atoms with Gasteiger partial charge in [0.05, 0.1) is 5.52 Å². The minimum absolute atomic E-state index is 0.507. The summed E-state index contributed by atoms with van der Waals surface area (Å²) in [4.78, 5) is 4.34. The first-order valence-electron chi connectivity index (χ1n) is 6.65. The topological polar surface area (TPSA) is 51.8 Å². The fourth-order valence-corrected chi connectivity index (χ4v) is 2.31. The third-order valence-electron chi connectivity index (χ3n) is 3.33. The first-order valence-corrected chi connectivity index (χ1v) is 6.65. The van der Waals surface area contributed by atoms with E-state index in [1.54, 1.807) is 6.20 Å². The van der Waals surface area contributed by atoms with Crippen LogP contribution in [-0.2, 0) is 0 Å². The minimum Gasteiger partial charge on any atom is -0.416 e. The van der Waals surface area contributed by atoms with Crippen molar-refractivity contribution in [1.29, 1.82) is 0 Å². The van der Waals surface area contributed by atoms with E-state index in [0.29, 0.717) is 11.8 Å². The second-order valence-corrected chi connectivity index (χ2v) is 4.65. The van der Waals surface area contributed by atoms with Crippen molar-refractivity contribution in [2.45, 2.75) is 0 Å². The maximum atomic E-state index is 5.81. The molecular formula is C17H11N3O. The number of para-hydroxylation sites is 1. The van der Waals surface area contributed by atoms with Crippen molar-refractivity contribution in [3.05, 3.63) is 66.9 Å². The Morgan fingerprint density at radius 1 is 0.714 bits per heavy atom. The van der Waals surface area contributed by atoms with Gasteiger partial charge in [-0.25, -0.2) is 0 Å². The van der Waals surface area contributed by atoms with E-state index in [0.717, 1.165) is 22.0 Å². The van der Waals surface area contributed by atoms with Gasteiger partial charge in [-0.2, -0.15) is 0 Å². The Morgan fingerprint density at radius 2 is 1.48 bits per heavy atom. The highest BCUT2D eigenvalue weighted by Gasteiger charge is 2.12. The van der Waals surface area contributed by atoms with Crippen molar-refractivity contribution in [3.8, 4) is 22.9 Å². The molecule has 21 heavy (non-hydrogen) atoms. The van der Waals surface area contributed by atoms with Crippen LogP contribution in [0.2, 0.25) is 0 Å². The zero-order valence-electron chi connectivity index (χ0n) is 11.1. The summed E-state index contributed by atoms with van der Waals surface area (Å²) in [6.07, 6.45) is 1.75. The molecule has 2 heterocycles. The third-order valence-corrected chi connectivity index (χ3v) is 3.33. The SMILES string of the molecule is c1ccc(-c2nnc(-c3ccnc4ccccc34)o2)cc1. The van der Waals surface area contributed by atoms with Crippen molar-refractivity contribution < 1.29 is 4.42 Å². The lowest BCUT2D eigenvalue weighted by Crippen LogP contribution is -1.83. The maximum Gasteiger partial charge on any atom is 0.248 e. The lowest BCUT2D eigenvalue weighted by atomic mass is 10.1. The molecule has 4 aromatic rings. The molecule has 0 N–H and O–H groups in total. The lowest BCUT2D eigenvalue weighted by Gasteiger charge is -2.00. The van der Waals surface area contributed by atoms with Gasteiger partial charge in [0.2, 0.25) is 11.8 Å². The normalized spacial score (nSPS) is 10.9. The van der Waals surface area contributed by atoms with Crippen molar-refractivity contribution in [2.24, 2.45) is 0 Å². The van der Waals surface area contributed by atoms with E-state index in [1.165, 1.54) is 0 Å². The van der Waals surface area contributed by atoms with Crippen LogP contribution in [0.15, 0.2) is 71.3 Å². The number of rotatable bonds is 2. The molecule has 100 valence electrons. The number of aromatic nitrogens is 3. The predicted molar refractivity (Wildman–Crippen MR) is 80.5 cm³/mol. The van der Waals surface area contributed by atoms with Gasteiger partial charge in [-0.3, -0.25) is 4.98 Å². The first kappa shape index (κ1) is 11.8. The molecule has 4 heteroatoms. The Hall–Kier alpha value is -3.01. The van der Waals surface area contributed by atoms with Gasteiger partial charge < -0.3 is 4.42 Å². The Kier molecular flexibility index (Phi) is 2.71. The molecule has 4 rings (SSSR count). The summed E-state index contributed by atoms with van der Waals surface area (Å²) in [6.45, 7) is 0. The van der Waals surface area contributed by atoms with Crippen LogP contribution in [0.5, 0.6) is 0 Å². The fraction of sp³-hybridized carbons (Fsp3) is 0. The highest BCUT2D eigenvalue weighted by atomic mass is 16.4. The lowest BCUT2D eigenvalue weighted by molar-refractivity contribution is 0.585. The number of hydrogen-bond acceptors (Lipinski definition) is 4. The molecule has 0 spiro atoms. The molecule has 2 aromatic heterocycles. The Morgan fingerprint density at radius 3 is 2.38 bits per heavy atom. The number of pyridine rings is 1. The van der Waals surface area contributed by atoms with Gasteiger partial charge in [-0.05, 0) is 24.3 Å². The Bertz CT molecular complexity index is 895. The van der Waals surface area contributed by atoms with Crippen molar-refractivity contribution >= 4 is 10.9 Å². The molecule has 0 unspecified atom stereocenters. The third kappa shape index (κ3) is 2.07. The van der Waals surface area contributed by atoms with Gasteiger partial charge in [-0.15, -0.1) is 10.2 Å². The molecule has 0 radical (unpaired) electrons. The van der Waals surface area contributed by atoms with Gasteiger partial charge in [0, 0.05) is 22.7 Å². The van der Waals surface area contributed by atoms with Crippen LogP contribution in [0.25, 0.3) is 33.8 Å². The second-order valence-electron chi connectivity index (χ2n) is 4.65. The van der Waals surface area contributed by atoms with Crippen LogP contribution in [0, 0.1) is 0 Å². The monoisotopic (exact) mass is 273 g/mol. The quantitative estimate of drug-likeness (QED) is 0.555. The molecule has 0 fully saturated rings. The van der Waals surface area contributed by atoms with Crippen LogP contribution in [-0.4, -0.2) is 15.2 Å². The standard InChI is InChI=1S/C17H11N3O/c1-2-6-12(7-3-1)16-19-20-17(21-16)14-10-11-18-15-9-5-4-8-13(14)15/h1-11H. The fourth-order valence-electron chi connectivity index (χ4n) is 2.31. The summed E-state index contributed by atoms with van der Waals surface area (Å²) in [6, 6.07) is 19.5. The Labute approximate surface area is 121 Å². The molecule has 0 bridgehead atoms. The minimum atomic E-state index is 0.507. The summed E-state index contributed by atoms with van der Waals surface area (Å²) in [5.41, 5.74) is 2.72. The average Bonchev–Trinajstić information content (AvgIpc) is 3.05. The predicted octanol–water partition coefficient (Wildman–Crippen LogP) is 3.95. The van der Waals surface area contributed by atoms with E-state index in [2.05, 4.69) is 15.2 Å². The van der Waals surface area contributed by atoms with E-state index < -0.39 is 0 Å². The highest BCUT2D eigenvalue weighted by Crippen LogP contribution is 2.28. The highest BCUT2D eigenvalue weighted by molar-refractivity contribution is 5.92. The van der Waals surface area contributed by atoms with Gasteiger partial charge in [0.25, 0.3) is 0 Å². The van der Waals surface area contributed by atoms with Gasteiger partial charge in [0.1, 0.15) is 0 Å². The smallest absolute Gasteiger partial charge is 0.248 e. The zero-order chi connectivity index (χ0) is 14.1. The van der Waals surface area contributed by atoms with E-state index >= 15 is 0 Å². The van der Waals surface area contributed by atoms with Crippen LogP contribution in [0.1, 0.15) is 0 Å². The summed E-state index contributed by atoms with van der Waals surface area (Å²) in [5, 5.41) is 9.30. The molecule has 0 atom stereocenters. The van der Waals surface area contributed by atoms with E-state index in [1.807, 2.05) is 60.7 Å². The summed E-state index contributed by atoms with van der Waals surface area (Å²) >= 11 is 0. The van der Waals surface area contributed by atoms with Gasteiger partial charge in [-0.1, -0.05) is 36.4 Å². The molecule has 0 aliphatic carbocycles. The summed E-state index contributed by atoms with van der Waals surface area (Å²) in [5.74, 6) is 1.03. The Balaban J connectivity index is 1.85. The largest absolute Gasteiger partial charge is 0.416 e. The van der Waals surface area contributed by atoms with Gasteiger partial charge >= 0.3 is 0 Å². The van der Waals surface area contributed by atoms with Crippen molar-refractivity contribution in [1.82, 2.24) is 15.2 Å². The van der Waals surface area contributed by atoms with Crippen molar-refractivity contribution in [2.75, 3.05) is 0 Å². The molecule has 0 saturated carbocycles. The molecular weight excluding hydrogens is 262 g/mol. The molecule has 0 amide bonds. The molecule has 4 nitrogen and oxygen atoms in total. The number of nitrogens with zero attached hydrogens (tertiary/aromatic N) is 3. The van der Waals surface area contributed by atoms with Crippen LogP contribution < -0.4 is 0 Å². The number of fused-ring (bicyclic) bond motifs is 1. The summed E-state index contributed by atoms with van der Waals surface area (Å²) in [7, 11) is 0. The van der Waals surface area contributed by atoms with Crippen LogP contribution in [0.4, 0.5) is 0 Å². The molecule has 2 aromatic carbocycles. The van der Waals surface area contributed by atoms with Crippen LogP contribution >= 0.6 is 0 Å². The average molecular weight is 273 g/mol. The van der Waals surface area contributed by atoms with Crippen molar-refractivity contribution in [3.63, 3.8) is 0 Å². The summed E-state index contributed by atoms with van der Waals surface area (Å²) < 4.78 is 5.81. The molecule has 0 saturated heterocycles. The van der Waals surface area contributed by atoms with Gasteiger partial charge in [0.15, 0.2) is 0 Å². The number of benzene rings is 2. The van der Waals surface area contributed by atoms with E-state index in [9.17, 15) is 0 Å². The van der Waals surface area contributed by atoms with E-state index in [-0.39, 0.29) is 0 Å². The van der Waals surface area contributed by atoms with E-state index in [4.69, 9.17) is 4.42 Å².